The molecule has 0 aliphatic carbocycles. The normalized spacial score (nSPS) is 10.2. The van der Waals surface area contributed by atoms with Gasteiger partial charge in [-0.3, -0.25) is 4.79 Å². The minimum absolute atomic E-state index is 0.175. The van der Waals surface area contributed by atoms with Gasteiger partial charge < -0.3 is 10.2 Å². The van der Waals surface area contributed by atoms with Crippen molar-refractivity contribution in [2.24, 2.45) is 0 Å². The lowest BCUT2D eigenvalue weighted by atomic mass is 10.1. The number of hydrogen-bond donors (Lipinski definition) is 1. The van der Waals surface area contributed by atoms with E-state index in [0.29, 0.717) is 11.1 Å². The summed E-state index contributed by atoms with van der Waals surface area (Å²) in [4.78, 5) is 14.3. The molecule has 2 aromatic rings. The second kappa shape index (κ2) is 6.69. The van der Waals surface area contributed by atoms with Gasteiger partial charge in [0.25, 0.3) is 5.91 Å². The molecule has 0 aromatic heterocycles. The van der Waals surface area contributed by atoms with E-state index in [-0.39, 0.29) is 5.91 Å². The van der Waals surface area contributed by atoms with Gasteiger partial charge in [0.15, 0.2) is 0 Å². The lowest BCUT2D eigenvalue weighted by Crippen LogP contribution is -2.16. The molecular formula is C17H17N3O. The average Bonchev–Trinajstić information content (AvgIpc) is 2.49. The first-order valence-electron chi connectivity index (χ1n) is 6.64. The van der Waals surface area contributed by atoms with Gasteiger partial charge in [0.05, 0.1) is 11.6 Å². The summed E-state index contributed by atoms with van der Waals surface area (Å²) in [6.45, 7) is 0.754. The monoisotopic (exact) mass is 279 g/mol. The van der Waals surface area contributed by atoms with Crippen LogP contribution in [-0.2, 0) is 6.54 Å². The fraction of sp³-hybridized carbons (Fsp3) is 0.176. The van der Waals surface area contributed by atoms with E-state index in [1.54, 1.807) is 24.3 Å². The summed E-state index contributed by atoms with van der Waals surface area (Å²) in [7, 11) is 3.97. The van der Waals surface area contributed by atoms with E-state index >= 15 is 0 Å². The number of hydrogen-bond acceptors (Lipinski definition) is 3. The molecule has 0 saturated carbocycles. The Hall–Kier alpha value is -2.64. The highest BCUT2D eigenvalue weighted by Crippen LogP contribution is 2.17. The smallest absolute Gasteiger partial charge is 0.255 e. The fourth-order valence-corrected chi connectivity index (χ4v) is 2.01. The predicted molar refractivity (Wildman–Crippen MR) is 82.9 cm³/mol. The van der Waals surface area contributed by atoms with Crippen LogP contribution in [0.2, 0.25) is 0 Å². The number of amides is 1. The summed E-state index contributed by atoms with van der Waals surface area (Å²) in [6, 6.07) is 16.4. The molecule has 2 aromatic carbocycles. The quantitative estimate of drug-likeness (QED) is 0.936. The topological polar surface area (TPSA) is 56.1 Å². The van der Waals surface area contributed by atoms with Crippen LogP contribution in [0.15, 0.2) is 48.5 Å². The Morgan fingerprint density at radius 2 is 1.81 bits per heavy atom. The highest BCUT2D eigenvalue weighted by Gasteiger charge is 2.09. The summed E-state index contributed by atoms with van der Waals surface area (Å²) in [5, 5.41) is 11.7. The third kappa shape index (κ3) is 3.91. The second-order valence-electron chi connectivity index (χ2n) is 5.04. The molecule has 0 heterocycles. The lowest BCUT2D eigenvalue weighted by molar-refractivity contribution is 0.102. The molecule has 1 N–H and O–H groups in total. The van der Waals surface area contributed by atoms with E-state index < -0.39 is 0 Å². The zero-order valence-electron chi connectivity index (χ0n) is 12.1. The van der Waals surface area contributed by atoms with Crippen molar-refractivity contribution in [2.75, 3.05) is 19.4 Å². The van der Waals surface area contributed by atoms with E-state index in [2.05, 4.69) is 5.32 Å². The third-order valence-electron chi connectivity index (χ3n) is 3.03. The Balaban J connectivity index is 2.17. The molecule has 0 unspecified atom stereocenters. The van der Waals surface area contributed by atoms with Crippen molar-refractivity contribution in [3.8, 4) is 6.07 Å². The van der Waals surface area contributed by atoms with Crippen LogP contribution in [0.1, 0.15) is 21.5 Å². The van der Waals surface area contributed by atoms with Crippen molar-refractivity contribution in [2.45, 2.75) is 6.54 Å². The van der Waals surface area contributed by atoms with Gasteiger partial charge in [-0.25, -0.2) is 0 Å². The molecule has 0 atom stereocenters. The van der Waals surface area contributed by atoms with Gasteiger partial charge in [-0.15, -0.1) is 0 Å². The van der Waals surface area contributed by atoms with Crippen LogP contribution in [0.3, 0.4) is 0 Å². The second-order valence-corrected chi connectivity index (χ2v) is 5.04. The van der Waals surface area contributed by atoms with Gasteiger partial charge in [0.1, 0.15) is 0 Å². The van der Waals surface area contributed by atoms with Crippen molar-refractivity contribution in [1.82, 2.24) is 4.90 Å². The fourth-order valence-electron chi connectivity index (χ4n) is 2.01. The maximum absolute atomic E-state index is 12.2. The average molecular weight is 279 g/mol. The number of nitriles is 1. The molecule has 4 nitrogen and oxygen atoms in total. The molecule has 4 heteroatoms. The van der Waals surface area contributed by atoms with Crippen molar-refractivity contribution >= 4 is 11.6 Å². The zero-order valence-corrected chi connectivity index (χ0v) is 12.1. The first-order chi connectivity index (χ1) is 10.1. The SMILES string of the molecule is CN(C)Cc1ccccc1NC(=O)c1ccc(C#N)cc1. The van der Waals surface area contributed by atoms with Crippen LogP contribution in [0.25, 0.3) is 0 Å². The first kappa shape index (κ1) is 14.8. The molecule has 0 saturated heterocycles. The predicted octanol–water partition coefficient (Wildman–Crippen LogP) is 2.87. The van der Waals surface area contributed by atoms with E-state index in [4.69, 9.17) is 5.26 Å². The summed E-state index contributed by atoms with van der Waals surface area (Å²) in [5.41, 5.74) is 2.94. The summed E-state index contributed by atoms with van der Waals surface area (Å²) in [5.74, 6) is -0.175. The van der Waals surface area contributed by atoms with Crippen molar-refractivity contribution in [1.29, 1.82) is 5.26 Å². The van der Waals surface area contributed by atoms with E-state index in [1.165, 1.54) is 0 Å². The molecule has 2 rings (SSSR count). The number of rotatable bonds is 4. The molecular weight excluding hydrogens is 262 g/mol. The van der Waals surface area contributed by atoms with Crippen molar-refractivity contribution in [3.05, 3.63) is 65.2 Å². The maximum atomic E-state index is 12.2. The third-order valence-corrected chi connectivity index (χ3v) is 3.03. The number of nitrogens with one attached hydrogen (secondary N) is 1. The number of anilines is 1. The van der Waals surface area contributed by atoms with Crippen LogP contribution in [0, 0.1) is 11.3 Å². The van der Waals surface area contributed by atoms with Crippen LogP contribution >= 0.6 is 0 Å². The standard InChI is InChI=1S/C17H17N3O/c1-20(2)12-15-5-3-4-6-16(15)19-17(21)14-9-7-13(11-18)8-10-14/h3-10H,12H2,1-2H3,(H,19,21). The molecule has 106 valence electrons. The van der Waals surface area contributed by atoms with Crippen molar-refractivity contribution in [3.63, 3.8) is 0 Å². The lowest BCUT2D eigenvalue weighted by Gasteiger charge is -2.14. The maximum Gasteiger partial charge on any atom is 0.255 e. The van der Waals surface area contributed by atoms with Gasteiger partial charge in [0.2, 0.25) is 0 Å². The summed E-state index contributed by atoms with van der Waals surface area (Å²) < 4.78 is 0. The summed E-state index contributed by atoms with van der Waals surface area (Å²) in [6.07, 6.45) is 0. The van der Waals surface area contributed by atoms with Crippen LogP contribution < -0.4 is 5.32 Å². The van der Waals surface area contributed by atoms with Gasteiger partial charge in [0, 0.05) is 17.8 Å². The molecule has 0 spiro atoms. The Bertz CT molecular complexity index is 669. The Labute approximate surface area is 124 Å². The Morgan fingerprint density at radius 1 is 1.14 bits per heavy atom. The molecule has 1 amide bonds. The van der Waals surface area contributed by atoms with E-state index in [0.717, 1.165) is 17.8 Å². The van der Waals surface area contributed by atoms with E-state index in [9.17, 15) is 4.79 Å². The van der Waals surface area contributed by atoms with Crippen LogP contribution in [0.5, 0.6) is 0 Å². The molecule has 0 fully saturated rings. The first-order valence-corrected chi connectivity index (χ1v) is 6.64. The van der Waals surface area contributed by atoms with Gasteiger partial charge in [-0.05, 0) is 50.0 Å². The van der Waals surface area contributed by atoms with E-state index in [1.807, 2.05) is 49.3 Å². The molecule has 0 radical (unpaired) electrons. The minimum atomic E-state index is -0.175. The number of benzene rings is 2. The molecule has 21 heavy (non-hydrogen) atoms. The molecule has 0 aliphatic rings. The Morgan fingerprint density at radius 3 is 2.43 bits per heavy atom. The van der Waals surface area contributed by atoms with Gasteiger partial charge >= 0.3 is 0 Å². The van der Waals surface area contributed by atoms with Crippen LogP contribution in [-0.4, -0.2) is 24.9 Å². The van der Waals surface area contributed by atoms with Crippen molar-refractivity contribution < 1.29 is 4.79 Å². The molecule has 0 bridgehead atoms. The number of para-hydroxylation sites is 1. The highest BCUT2D eigenvalue weighted by atomic mass is 16.1. The zero-order chi connectivity index (χ0) is 15.2. The molecule has 0 aliphatic heterocycles. The van der Waals surface area contributed by atoms with Gasteiger partial charge in [-0.2, -0.15) is 5.26 Å². The minimum Gasteiger partial charge on any atom is -0.322 e. The van der Waals surface area contributed by atoms with Crippen LogP contribution in [0.4, 0.5) is 5.69 Å². The number of nitrogens with zero attached hydrogens (tertiary/aromatic N) is 2. The Kier molecular flexibility index (Phi) is 4.70. The summed E-state index contributed by atoms with van der Waals surface area (Å²) >= 11 is 0. The highest BCUT2D eigenvalue weighted by molar-refractivity contribution is 6.04. The number of carbonyl (C=O) groups excluding carboxylic acids is 1. The largest absolute Gasteiger partial charge is 0.322 e. The number of carbonyl (C=O) groups is 1. The van der Waals surface area contributed by atoms with Gasteiger partial charge in [-0.1, -0.05) is 18.2 Å².